The molecule has 0 spiro atoms. The first-order chi connectivity index (χ1) is 31.2. The minimum absolute atomic E-state index is 0.622. The molecule has 0 bridgehead atoms. The first-order valence-corrected chi connectivity index (χ1v) is 21.4. The standard InChI is InChI=1S/C58H35N5/c1-3-13-41-39(11-1)33-50(45-17-7-5-15-43(41)45)57-61-56(62-58(63-57)51-34-40-12-2-4-14-42(40)44-16-6-8-18-46(44)51)38-27-23-36(24-28-38)35-21-25-37(26-22-35)55-49-29-30-52-48(31-32-59-52)54(49)47-19-9-10-20-53(47)60-55/h1-31,33-34H,32H2. The van der Waals surface area contributed by atoms with Crippen molar-refractivity contribution in [2.24, 2.45) is 4.99 Å². The Hall–Kier alpha value is -8.41. The van der Waals surface area contributed by atoms with Gasteiger partial charge in [0, 0.05) is 43.6 Å². The molecule has 0 unspecified atom stereocenters. The maximum absolute atomic E-state index is 5.33. The van der Waals surface area contributed by atoms with Crippen LogP contribution >= 0.6 is 0 Å². The van der Waals surface area contributed by atoms with E-state index in [1.165, 1.54) is 32.1 Å². The number of hydrogen-bond donors (Lipinski definition) is 0. The predicted molar refractivity (Wildman–Crippen MR) is 260 cm³/mol. The minimum atomic E-state index is 0.622. The van der Waals surface area contributed by atoms with E-state index in [4.69, 9.17) is 24.9 Å². The molecule has 2 aromatic heterocycles. The molecule has 292 valence electrons. The molecule has 5 nitrogen and oxygen atoms in total. The number of rotatable bonds is 5. The zero-order valence-electron chi connectivity index (χ0n) is 34.0. The van der Waals surface area contributed by atoms with Gasteiger partial charge in [-0.1, -0.05) is 170 Å². The molecular formula is C58H35N5. The van der Waals surface area contributed by atoms with E-state index in [2.05, 4.69) is 200 Å². The van der Waals surface area contributed by atoms with Crippen LogP contribution in [0.3, 0.4) is 0 Å². The van der Waals surface area contributed by atoms with Crippen LogP contribution in [0.1, 0.15) is 0 Å². The van der Waals surface area contributed by atoms with Crippen LogP contribution in [0.25, 0.3) is 127 Å². The van der Waals surface area contributed by atoms with Crippen molar-refractivity contribution < 1.29 is 0 Å². The van der Waals surface area contributed by atoms with E-state index in [0.29, 0.717) is 24.0 Å². The van der Waals surface area contributed by atoms with Gasteiger partial charge in [-0.2, -0.15) is 0 Å². The Balaban J connectivity index is 0.939. The van der Waals surface area contributed by atoms with Gasteiger partial charge in [0.05, 0.1) is 23.1 Å². The van der Waals surface area contributed by atoms with Crippen LogP contribution in [0.5, 0.6) is 0 Å². The van der Waals surface area contributed by atoms with Gasteiger partial charge in [0.1, 0.15) is 0 Å². The number of para-hydroxylation sites is 1. The highest BCUT2D eigenvalue weighted by atomic mass is 15.0. The summed E-state index contributed by atoms with van der Waals surface area (Å²) in [6.07, 6.45) is 2.23. The van der Waals surface area contributed by atoms with E-state index in [1.807, 2.05) is 0 Å². The Bertz CT molecular complexity index is 3850. The highest BCUT2D eigenvalue weighted by molar-refractivity contribution is 6.15. The molecule has 0 fully saturated rings. The SMILES string of the molecule is C1=c2c(ccc3c(-c4ccc(-c5ccc(-c6nc(-c7cc8ccccc8c8ccccc78)nc(-c7cc8ccccc8c8ccccc78)n6)cc5)cc4)nc4ccccc4c23)=NC1. The molecule has 0 atom stereocenters. The fraction of sp³-hybridized carbons (Fsp3) is 0.0172. The summed E-state index contributed by atoms with van der Waals surface area (Å²) in [5, 5.41) is 15.0. The molecule has 1 aliphatic rings. The number of benzene rings is 10. The molecule has 0 aliphatic carbocycles. The van der Waals surface area contributed by atoms with Crippen LogP contribution in [0, 0.1) is 0 Å². The van der Waals surface area contributed by atoms with Crippen molar-refractivity contribution in [2.45, 2.75) is 0 Å². The van der Waals surface area contributed by atoms with Crippen LogP contribution < -0.4 is 10.6 Å². The monoisotopic (exact) mass is 801 g/mol. The largest absolute Gasteiger partial charge is 0.281 e. The van der Waals surface area contributed by atoms with Gasteiger partial charge in [0.2, 0.25) is 0 Å². The maximum Gasteiger partial charge on any atom is 0.164 e. The molecule has 12 aromatic rings. The first kappa shape index (κ1) is 35.4. The summed E-state index contributed by atoms with van der Waals surface area (Å²) in [4.78, 5) is 25.8. The van der Waals surface area contributed by atoms with Crippen molar-refractivity contribution in [3.8, 4) is 56.5 Å². The topological polar surface area (TPSA) is 63.9 Å². The van der Waals surface area contributed by atoms with Crippen LogP contribution in [-0.4, -0.2) is 26.5 Å². The zero-order chi connectivity index (χ0) is 41.4. The minimum Gasteiger partial charge on any atom is -0.281 e. The molecule has 0 saturated carbocycles. The highest BCUT2D eigenvalue weighted by Crippen LogP contribution is 2.39. The Labute approximate surface area is 362 Å². The van der Waals surface area contributed by atoms with Crippen LogP contribution in [0.15, 0.2) is 199 Å². The van der Waals surface area contributed by atoms with Crippen LogP contribution in [-0.2, 0) is 0 Å². The summed E-state index contributed by atoms with van der Waals surface area (Å²) in [6, 6.07) is 68.7. The third kappa shape index (κ3) is 5.74. The Morgan fingerprint density at radius 2 is 0.810 bits per heavy atom. The number of pyridine rings is 1. The molecule has 5 heteroatoms. The van der Waals surface area contributed by atoms with E-state index in [0.717, 1.165) is 82.3 Å². The van der Waals surface area contributed by atoms with Crippen LogP contribution in [0.2, 0.25) is 0 Å². The number of hydrogen-bond acceptors (Lipinski definition) is 5. The van der Waals surface area contributed by atoms with Crippen molar-refractivity contribution in [1.82, 2.24) is 19.9 Å². The molecule has 0 N–H and O–H groups in total. The lowest BCUT2D eigenvalue weighted by molar-refractivity contribution is 1.08. The Morgan fingerprint density at radius 3 is 1.41 bits per heavy atom. The molecule has 0 amide bonds. The number of nitrogens with zero attached hydrogens (tertiary/aromatic N) is 5. The molecule has 0 radical (unpaired) electrons. The normalized spacial score (nSPS) is 12.3. The molecule has 63 heavy (non-hydrogen) atoms. The average molecular weight is 802 g/mol. The van der Waals surface area contributed by atoms with E-state index < -0.39 is 0 Å². The fourth-order valence-electron chi connectivity index (χ4n) is 9.72. The van der Waals surface area contributed by atoms with Gasteiger partial charge >= 0.3 is 0 Å². The van der Waals surface area contributed by atoms with Gasteiger partial charge in [-0.25, -0.2) is 19.9 Å². The second kappa shape index (κ2) is 14.1. The third-order valence-electron chi connectivity index (χ3n) is 12.7. The molecule has 13 rings (SSSR count). The summed E-state index contributed by atoms with van der Waals surface area (Å²) in [7, 11) is 0. The van der Waals surface area contributed by atoms with Gasteiger partial charge in [-0.3, -0.25) is 4.99 Å². The summed E-state index contributed by atoms with van der Waals surface area (Å²) < 4.78 is 0. The third-order valence-corrected chi connectivity index (χ3v) is 12.7. The van der Waals surface area contributed by atoms with Crippen LogP contribution in [0.4, 0.5) is 0 Å². The number of fused-ring (bicyclic) bond motifs is 11. The summed E-state index contributed by atoms with van der Waals surface area (Å²) in [5.74, 6) is 1.90. The van der Waals surface area contributed by atoms with E-state index >= 15 is 0 Å². The van der Waals surface area contributed by atoms with Crippen molar-refractivity contribution in [1.29, 1.82) is 0 Å². The first-order valence-electron chi connectivity index (χ1n) is 21.4. The summed E-state index contributed by atoms with van der Waals surface area (Å²) >= 11 is 0. The van der Waals surface area contributed by atoms with Crippen molar-refractivity contribution in [3.63, 3.8) is 0 Å². The maximum atomic E-state index is 5.33. The quantitative estimate of drug-likeness (QED) is 0.163. The zero-order valence-corrected chi connectivity index (χ0v) is 34.0. The Kier molecular flexibility index (Phi) is 7.90. The molecule has 3 heterocycles. The summed E-state index contributed by atoms with van der Waals surface area (Å²) in [6.45, 7) is 0.715. The second-order valence-electron chi connectivity index (χ2n) is 16.3. The molecular weight excluding hydrogens is 767 g/mol. The van der Waals surface area contributed by atoms with E-state index in [-0.39, 0.29) is 0 Å². The Morgan fingerprint density at radius 1 is 0.333 bits per heavy atom. The van der Waals surface area contributed by atoms with Crippen molar-refractivity contribution in [3.05, 3.63) is 205 Å². The summed E-state index contributed by atoms with van der Waals surface area (Å²) in [5.41, 5.74) is 8.13. The lowest BCUT2D eigenvalue weighted by atomic mass is 9.96. The second-order valence-corrected chi connectivity index (χ2v) is 16.3. The molecule has 1 aliphatic heterocycles. The lowest BCUT2D eigenvalue weighted by Gasteiger charge is -2.14. The highest BCUT2D eigenvalue weighted by Gasteiger charge is 2.19. The molecule has 10 aromatic carbocycles. The van der Waals surface area contributed by atoms with Gasteiger partial charge in [0.15, 0.2) is 17.5 Å². The van der Waals surface area contributed by atoms with Crippen molar-refractivity contribution >= 4 is 70.8 Å². The average Bonchev–Trinajstić information content (AvgIpc) is 3.85. The van der Waals surface area contributed by atoms with Gasteiger partial charge in [-0.15, -0.1) is 0 Å². The number of aromatic nitrogens is 4. The van der Waals surface area contributed by atoms with Gasteiger partial charge in [-0.05, 0) is 84.5 Å². The smallest absolute Gasteiger partial charge is 0.164 e. The van der Waals surface area contributed by atoms with Gasteiger partial charge in [0.25, 0.3) is 0 Å². The van der Waals surface area contributed by atoms with Gasteiger partial charge < -0.3 is 0 Å². The van der Waals surface area contributed by atoms with E-state index in [9.17, 15) is 0 Å². The predicted octanol–water partition coefficient (Wildman–Crippen LogP) is 12.9. The van der Waals surface area contributed by atoms with E-state index in [1.54, 1.807) is 0 Å². The lowest BCUT2D eigenvalue weighted by Crippen LogP contribution is -2.22. The van der Waals surface area contributed by atoms with Crippen molar-refractivity contribution in [2.75, 3.05) is 6.54 Å². The molecule has 0 saturated heterocycles. The fourth-order valence-corrected chi connectivity index (χ4v) is 9.72.